The van der Waals surface area contributed by atoms with Crippen molar-refractivity contribution in [3.63, 3.8) is 0 Å². The normalized spacial score (nSPS) is 11.1. The van der Waals surface area contributed by atoms with Crippen LogP contribution < -0.4 is 0 Å². The topological polar surface area (TPSA) is 0 Å². The molecule has 27 heavy (non-hydrogen) atoms. The lowest BCUT2D eigenvalue weighted by Gasteiger charge is -2.04. The molecule has 0 saturated heterocycles. The first kappa shape index (κ1) is 24.3. The molecule has 0 nitrogen and oxygen atoms in total. The molecule has 0 bridgehead atoms. The average Bonchev–Trinajstić information content (AvgIpc) is 2.70. The maximum Gasteiger partial charge on any atom is -0.0184 e. The molecule has 0 N–H and O–H groups in total. The van der Waals surface area contributed by atoms with E-state index in [0.717, 1.165) is 0 Å². The van der Waals surface area contributed by atoms with E-state index in [0.29, 0.717) is 0 Å². The van der Waals surface area contributed by atoms with Gasteiger partial charge in [0.25, 0.3) is 0 Å². The van der Waals surface area contributed by atoms with Gasteiger partial charge in [-0.1, -0.05) is 147 Å². The fourth-order valence-corrected chi connectivity index (χ4v) is 4.00. The summed E-state index contributed by atoms with van der Waals surface area (Å²) in [6, 6.07) is 11.6. The standard InChI is InChI=1S/C27H47/c1-2-3-4-5-6-7-8-9-10-11-12-13-14-15-16-17-18-19-21-24-27-25-22-20-23-26-27/h22-23,25-26H,2-19,21,24H2,1H3. The van der Waals surface area contributed by atoms with Gasteiger partial charge in [-0.3, -0.25) is 0 Å². The molecule has 0 heterocycles. The molecule has 0 amide bonds. The van der Waals surface area contributed by atoms with Crippen molar-refractivity contribution in [2.45, 2.75) is 135 Å². The van der Waals surface area contributed by atoms with Crippen LogP contribution in [0.5, 0.6) is 0 Å². The van der Waals surface area contributed by atoms with Crippen LogP contribution in [-0.4, -0.2) is 0 Å². The van der Waals surface area contributed by atoms with E-state index < -0.39 is 0 Å². The number of unbranched alkanes of at least 4 members (excludes halogenated alkanes) is 18. The van der Waals surface area contributed by atoms with Crippen LogP contribution >= 0.6 is 0 Å². The van der Waals surface area contributed by atoms with Crippen molar-refractivity contribution in [2.75, 3.05) is 0 Å². The fourth-order valence-electron chi connectivity index (χ4n) is 4.00. The second-order valence-electron chi connectivity index (χ2n) is 8.52. The van der Waals surface area contributed by atoms with Crippen LogP contribution in [0.2, 0.25) is 0 Å². The third kappa shape index (κ3) is 17.1. The Kier molecular flexibility index (Phi) is 17.9. The third-order valence-electron chi connectivity index (χ3n) is 5.86. The van der Waals surface area contributed by atoms with Gasteiger partial charge in [0.05, 0.1) is 0 Å². The van der Waals surface area contributed by atoms with Crippen LogP contribution in [0.4, 0.5) is 0 Å². The second-order valence-corrected chi connectivity index (χ2v) is 8.52. The summed E-state index contributed by atoms with van der Waals surface area (Å²) in [6.07, 6.45) is 28.8. The molecule has 0 atom stereocenters. The summed E-state index contributed by atoms with van der Waals surface area (Å²) in [7, 11) is 0. The van der Waals surface area contributed by atoms with Gasteiger partial charge in [-0.05, 0) is 24.5 Å². The lowest BCUT2D eigenvalue weighted by molar-refractivity contribution is 0.523. The molecule has 155 valence electrons. The Balaban J connectivity index is 1.67. The highest BCUT2D eigenvalue weighted by atomic mass is 14.0. The lowest BCUT2D eigenvalue weighted by atomic mass is 10.0. The summed E-state index contributed by atoms with van der Waals surface area (Å²) in [5, 5.41) is 0. The van der Waals surface area contributed by atoms with E-state index in [-0.39, 0.29) is 0 Å². The Hall–Kier alpha value is -0.780. The maximum atomic E-state index is 3.09. The number of aryl methyl sites for hydroxylation is 1. The monoisotopic (exact) mass is 371 g/mol. The van der Waals surface area contributed by atoms with Crippen LogP contribution in [0.3, 0.4) is 0 Å². The van der Waals surface area contributed by atoms with E-state index >= 15 is 0 Å². The molecule has 1 aromatic carbocycles. The van der Waals surface area contributed by atoms with Gasteiger partial charge in [0.2, 0.25) is 0 Å². The lowest BCUT2D eigenvalue weighted by Crippen LogP contribution is -1.86. The quantitative estimate of drug-likeness (QED) is 0.200. The zero-order chi connectivity index (χ0) is 19.3. The molecule has 0 aromatic heterocycles. The SMILES string of the molecule is CCCCCCCCCCCCCCCCCCCCCc1cc[c]cc1. The number of benzene rings is 1. The van der Waals surface area contributed by atoms with Crippen LogP contribution in [0.25, 0.3) is 0 Å². The molecule has 0 aliphatic rings. The van der Waals surface area contributed by atoms with Crippen LogP contribution in [-0.2, 0) is 6.42 Å². The van der Waals surface area contributed by atoms with Crippen LogP contribution in [0, 0.1) is 6.07 Å². The highest BCUT2D eigenvalue weighted by Gasteiger charge is 1.96. The Morgan fingerprint density at radius 3 is 1.19 bits per heavy atom. The zero-order valence-corrected chi connectivity index (χ0v) is 18.5. The fraction of sp³-hybridized carbons (Fsp3) is 0.778. The molecule has 0 unspecified atom stereocenters. The van der Waals surface area contributed by atoms with Crippen molar-refractivity contribution in [1.29, 1.82) is 0 Å². The van der Waals surface area contributed by atoms with Crippen molar-refractivity contribution in [3.05, 3.63) is 35.9 Å². The van der Waals surface area contributed by atoms with Gasteiger partial charge in [-0.25, -0.2) is 0 Å². The smallest absolute Gasteiger partial charge is 0.0184 e. The van der Waals surface area contributed by atoms with Gasteiger partial charge in [-0.2, -0.15) is 0 Å². The Bertz CT molecular complexity index is 380. The highest BCUT2D eigenvalue weighted by Crippen LogP contribution is 2.15. The molecule has 1 rings (SSSR count). The van der Waals surface area contributed by atoms with E-state index in [2.05, 4.69) is 25.1 Å². The molecule has 0 saturated carbocycles. The minimum Gasteiger partial charge on any atom is -0.0654 e. The predicted octanol–water partition coefficient (Wildman–Crippen LogP) is 9.46. The molecular weight excluding hydrogens is 324 g/mol. The summed E-state index contributed by atoms with van der Waals surface area (Å²) in [5.74, 6) is 0. The summed E-state index contributed by atoms with van der Waals surface area (Å²) in [5.41, 5.74) is 1.47. The van der Waals surface area contributed by atoms with E-state index in [4.69, 9.17) is 0 Å². The zero-order valence-electron chi connectivity index (χ0n) is 18.5. The van der Waals surface area contributed by atoms with E-state index in [1.807, 2.05) is 12.1 Å². The highest BCUT2D eigenvalue weighted by molar-refractivity contribution is 5.13. The molecule has 0 heteroatoms. The predicted molar refractivity (Wildman–Crippen MR) is 122 cm³/mol. The Morgan fingerprint density at radius 1 is 0.481 bits per heavy atom. The largest absolute Gasteiger partial charge is 0.0654 e. The van der Waals surface area contributed by atoms with E-state index in [1.165, 1.54) is 134 Å². The summed E-state index contributed by atoms with van der Waals surface area (Å²) < 4.78 is 0. The van der Waals surface area contributed by atoms with E-state index in [1.54, 1.807) is 0 Å². The molecule has 0 spiro atoms. The van der Waals surface area contributed by atoms with Crippen molar-refractivity contribution in [3.8, 4) is 0 Å². The van der Waals surface area contributed by atoms with Gasteiger partial charge in [-0.15, -0.1) is 0 Å². The molecule has 0 aliphatic heterocycles. The summed E-state index contributed by atoms with van der Waals surface area (Å²) in [4.78, 5) is 0. The molecular formula is C27H47. The number of hydrogen-bond acceptors (Lipinski definition) is 0. The van der Waals surface area contributed by atoms with Crippen molar-refractivity contribution >= 4 is 0 Å². The van der Waals surface area contributed by atoms with Crippen LogP contribution in [0.1, 0.15) is 134 Å². The summed E-state index contributed by atoms with van der Waals surface area (Å²) in [6.45, 7) is 2.30. The minimum absolute atomic E-state index is 1.24. The third-order valence-corrected chi connectivity index (χ3v) is 5.86. The molecule has 1 radical (unpaired) electrons. The second kappa shape index (κ2) is 20.0. The Labute approximate surface area is 171 Å². The Morgan fingerprint density at radius 2 is 0.815 bits per heavy atom. The molecule has 0 aliphatic carbocycles. The van der Waals surface area contributed by atoms with Gasteiger partial charge < -0.3 is 0 Å². The van der Waals surface area contributed by atoms with Gasteiger partial charge in [0, 0.05) is 0 Å². The van der Waals surface area contributed by atoms with Crippen molar-refractivity contribution < 1.29 is 0 Å². The van der Waals surface area contributed by atoms with Gasteiger partial charge in [0.1, 0.15) is 0 Å². The molecule has 1 aromatic rings. The maximum absolute atomic E-state index is 3.09. The first-order valence-corrected chi connectivity index (χ1v) is 12.4. The first-order chi connectivity index (χ1) is 13.4. The van der Waals surface area contributed by atoms with Crippen molar-refractivity contribution in [2.24, 2.45) is 0 Å². The van der Waals surface area contributed by atoms with E-state index in [9.17, 15) is 0 Å². The average molecular weight is 372 g/mol. The molecule has 0 fully saturated rings. The number of hydrogen-bond donors (Lipinski definition) is 0. The first-order valence-electron chi connectivity index (χ1n) is 12.4. The van der Waals surface area contributed by atoms with Crippen LogP contribution in [0.15, 0.2) is 24.3 Å². The van der Waals surface area contributed by atoms with Gasteiger partial charge in [0.15, 0.2) is 0 Å². The van der Waals surface area contributed by atoms with Crippen molar-refractivity contribution in [1.82, 2.24) is 0 Å². The minimum atomic E-state index is 1.24. The number of rotatable bonds is 20. The van der Waals surface area contributed by atoms with Gasteiger partial charge >= 0.3 is 0 Å². The summed E-state index contributed by atoms with van der Waals surface area (Å²) >= 11 is 0.